The van der Waals surface area contributed by atoms with Crippen LogP contribution in [0.25, 0.3) is 0 Å². The molecule has 0 saturated carbocycles. The van der Waals surface area contributed by atoms with E-state index in [9.17, 15) is 19.0 Å². The van der Waals surface area contributed by atoms with Gasteiger partial charge in [0.05, 0.1) is 40.0 Å². The highest BCUT2D eigenvalue weighted by Crippen LogP contribution is 2.38. The second-order valence-corrected chi connectivity index (χ2v) is 17.1. The van der Waals surface area contributed by atoms with Gasteiger partial charge in [0.1, 0.15) is 19.8 Å². The van der Waals surface area contributed by atoms with Crippen LogP contribution in [0.2, 0.25) is 0 Å². The number of unbranched alkanes of at least 4 members (excludes halogenated alkanes) is 8. The van der Waals surface area contributed by atoms with E-state index in [4.69, 9.17) is 23.3 Å². The van der Waals surface area contributed by atoms with Gasteiger partial charge in [-0.1, -0.05) is 119 Å². The summed E-state index contributed by atoms with van der Waals surface area (Å²) < 4.78 is 39.5. The monoisotopic (exact) mass is 820 g/mol. The maximum absolute atomic E-state index is 12.6. The second kappa shape index (κ2) is 34.3. The summed E-state index contributed by atoms with van der Waals surface area (Å²) in [4.78, 5) is 37.5. The van der Waals surface area contributed by atoms with E-state index in [0.29, 0.717) is 36.1 Å². The SMILES string of the molecule is CCCCC/C=C\C/C=C\C/C=C\CCCCC(=O)O[C@H](COC(=O)CCC/C=C\C/C=C\C/C=C\CC1OC1CCCCC)COP(=O)([O-])OCC[N+](C)(C)C. The molecule has 1 aliphatic heterocycles. The number of quaternary nitrogens is 1. The van der Waals surface area contributed by atoms with Crippen LogP contribution in [-0.2, 0) is 37.4 Å². The summed E-state index contributed by atoms with van der Waals surface area (Å²) in [6.07, 6.45) is 44.0. The zero-order valence-corrected chi connectivity index (χ0v) is 37.1. The molecule has 0 aromatic carbocycles. The smallest absolute Gasteiger partial charge is 0.306 e. The third kappa shape index (κ3) is 35.1. The number of phosphoric acid groups is 1. The molecule has 1 rings (SSSR count). The third-order valence-electron chi connectivity index (χ3n) is 9.12. The number of carbonyl (C=O) groups excluding carboxylic acids is 2. The lowest BCUT2D eigenvalue weighted by Crippen LogP contribution is -2.37. The molecule has 0 N–H and O–H groups in total. The van der Waals surface area contributed by atoms with Gasteiger partial charge in [0, 0.05) is 12.8 Å². The molecule has 0 aromatic heterocycles. The van der Waals surface area contributed by atoms with Gasteiger partial charge < -0.3 is 32.6 Å². The van der Waals surface area contributed by atoms with Gasteiger partial charge in [-0.2, -0.15) is 0 Å². The molecule has 0 aliphatic carbocycles. The van der Waals surface area contributed by atoms with Gasteiger partial charge in [-0.25, -0.2) is 0 Å². The Morgan fingerprint density at radius 3 is 1.77 bits per heavy atom. The first-order valence-electron chi connectivity index (χ1n) is 21.8. The Kier molecular flexibility index (Phi) is 31.5. The lowest BCUT2D eigenvalue weighted by Gasteiger charge is -2.28. The Morgan fingerprint density at radius 1 is 0.649 bits per heavy atom. The number of rotatable bonds is 37. The quantitative estimate of drug-likeness (QED) is 0.0150. The fourth-order valence-electron chi connectivity index (χ4n) is 5.57. The highest BCUT2D eigenvalue weighted by Gasteiger charge is 2.36. The number of likely N-dealkylation sites (N-methyl/N-ethyl adjacent to an activating group) is 1. The van der Waals surface area contributed by atoms with Crippen molar-refractivity contribution >= 4 is 19.8 Å². The summed E-state index contributed by atoms with van der Waals surface area (Å²) in [6, 6.07) is 0. The van der Waals surface area contributed by atoms with Crippen LogP contribution in [0.15, 0.2) is 72.9 Å². The van der Waals surface area contributed by atoms with E-state index in [1.165, 1.54) is 44.9 Å². The van der Waals surface area contributed by atoms with Crippen molar-refractivity contribution in [1.29, 1.82) is 0 Å². The Morgan fingerprint density at radius 2 is 1.18 bits per heavy atom. The zero-order chi connectivity index (χ0) is 41.9. The summed E-state index contributed by atoms with van der Waals surface area (Å²) in [7, 11) is 1.09. The minimum Gasteiger partial charge on any atom is -0.756 e. The first kappa shape index (κ1) is 52.4. The number of ether oxygens (including phenoxy) is 3. The fourth-order valence-corrected chi connectivity index (χ4v) is 6.30. The Balaban J connectivity index is 2.36. The molecule has 0 aromatic rings. The summed E-state index contributed by atoms with van der Waals surface area (Å²) in [5, 5.41) is 0. The van der Waals surface area contributed by atoms with Crippen molar-refractivity contribution in [3.8, 4) is 0 Å². The molecule has 0 amide bonds. The van der Waals surface area contributed by atoms with E-state index < -0.39 is 32.5 Å². The lowest BCUT2D eigenvalue weighted by atomic mass is 10.1. The number of allylic oxidation sites excluding steroid dienone is 11. The highest BCUT2D eigenvalue weighted by molar-refractivity contribution is 7.45. The Labute approximate surface area is 346 Å². The average Bonchev–Trinajstić information content (AvgIpc) is 3.91. The van der Waals surface area contributed by atoms with Crippen molar-refractivity contribution in [1.82, 2.24) is 0 Å². The maximum atomic E-state index is 12.6. The molecule has 0 bridgehead atoms. The van der Waals surface area contributed by atoms with Crippen molar-refractivity contribution in [2.45, 2.75) is 161 Å². The zero-order valence-electron chi connectivity index (χ0n) is 36.2. The topological polar surface area (TPSA) is 124 Å². The molecule has 11 heteroatoms. The van der Waals surface area contributed by atoms with E-state index in [1.807, 2.05) is 27.2 Å². The van der Waals surface area contributed by atoms with Crippen LogP contribution in [0.3, 0.4) is 0 Å². The van der Waals surface area contributed by atoms with Crippen LogP contribution in [0.1, 0.15) is 142 Å². The molecule has 1 aliphatic rings. The van der Waals surface area contributed by atoms with E-state index in [-0.39, 0.29) is 26.1 Å². The number of hydrogen-bond acceptors (Lipinski definition) is 9. The van der Waals surface area contributed by atoms with E-state index in [0.717, 1.165) is 57.8 Å². The molecular weight excluding hydrogens is 741 g/mol. The molecule has 57 heavy (non-hydrogen) atoms. The van der Waals surface area contributed by atoms with Crippen molar-refractivity contribution in [3.63, 3.8) is 0 Å². The standard InChI is InChI=1S/C46H78NO9P/c1-6-8-10-11-12-13-14-15-16-17-18-23-26-29-33-37-46(49)55-42(41-54-57(50,51)53-39-38-47(3,4)5)40-52-45(48)36-32-28-25-22-20-19-21-24-27-31-35-44-43(56-44)34-30-9-7-2/h12-13,15-16,18-19,21-23,25,27,31,42-44H,6-11,14,17,20,24,26,28-30,32-41H2,1-5H3/b13-12-,16-15-,21-19-,23-18-,25-22-,31-27-/t42-,43?,44?/m1/s1. The number of phosphoric ester groups is 1. The Bertz CT molecular complexity index is 1270. The molecule has 0 radical (unpaired) electrons. The molecule has 3 unspecified atom stereocenters. The van der Waals surface area contributed by atoms with Crippen LogP contribution in [0.5, 0.6) is 0 Å². The molecule has 10 nitrogen and oxygen atoms in total. The van der Waals surface area contributed by atoms with Crippen molar-refractivity contribution < 1.29 is 46.8 Å². The van der Waals surface area contributed by atoms with Gasteiger partial charge in [-0.05, 0) is 83.5 Å². The first-order valence-corrected chi connectivity index (χ1v) is 23.2. The minimum absolute atomic E-state index is 0.0523. The van der Waals surface area contributed by atoms with E-state index >= 15 is 0 Å². The predicted octanol–water partition coefficient (Wildman–Crippen LogP) is 10.6. The van der Waals surface area contributed by atoms with Crippen LogP contribution in [0, 0.1) is 0 Å². The molecule has 1 heterocycles. The fraction of sp³-hybridized carbons (Fsp3) is 0.696. The number of hydrogen-bond donors (Lipinski definition) is 0. The number of nitrogens with zero attached hydrogens (tertiary/aromatic N) is 1. The van der Waals surface area contributed by atoms with Crippen molar-refractivity contribution in [2.75, 3.05) is 47.5 Å². The molecule has 0 spiro atoms. The minimum atomic E-state index is -4.65. The predicted molar refractivity (Wildman–Crippen MR) is 230 cm³/mol. The van der Waals surface area contributed by atoms with Gasteiger partial charge >= 0.3 is 11.9 Å². The summed E-state index contributed by atoms with van der Waals surface area (Å²) in [6.45, 7) is 4.02. The van der Waals surface area contributed by atoms with Gasteiger partial charge in [-0.15, -0.1) is 0 Å². The molecular formula is C46H78NO9P. The summed E-state index contributed by atoms with van der Waals surface area (Å²) in [5.41, 5.74) is 0. The first-order chi connectivity index (χ1) is 27.5. The van der Waals surface area contributed by atoms with Crippen LogP contribution in [-0.4, -0.2) is 82.2 Å². The summed E-state index contributed by atoms with van der Waals surface area (Å²) >= 11 is 0. The molecule has 326 valence electrons. The Hall–Kier alpha value is -2.59. The van der Waals surface area contributed by atoms with Crippen LogP contribution < -0.4 is 4.89 Å². The van der Waals surface area contributed by atoms with Crippen molar-refractivity contribution in [3.05, 3.63) is 72.9 Å². The van der Waals surface area contributed by atoms with Gasteiger partial charge in [0.2, 0.25) is 0 Å². The molecule has 4 atom stereocenters. The second-order valence-electron chi connectivity index (χ2n) is 15.7. The number of esters is 2. The molecule has 1 fully saturated rings. The van der Waals surface area contributed by atoms with E-state index in [1.54, 1.807) is 0 Å². The highest BCUT2D eigenvalue weighted by atomic mass is 31.2. The van der Waals surface area contributed by atoms with Crippen LogP contribution in [0.4, 0.5) is 0 Å². The van der Waals surface area contributed by atoms with Crippen LogP contribution >= 0.6 is 7.82 Å². The van der Waals surface area contributed by atoms with Crippen molar-refractivity contribution in [2.24, 2.45) is 0 Å². The maximum Gasteiger partial charge on any atom is 0.306 e. The van der Waals surface area contributed by atoms with Gasteiger partial charge in [-0.3, -0.25) is 14.2 Å². The number of epoxide rings is 1. The summed E-state index contributed by atoms with van der Waals surface area (Å²) in [5.74, 6) is -0.958. The van der Waals surface area contributed by atoms with Gasteiger partial charge in [0.25, 0.3) is 7.82 Å². The normalized spacial score (nSPS) is 17.9. The largest absolute Gasteiger partial charge is 0.756 e. The van der Waals surface area contributed by atoms with Gasteiger partial charge in [0.15, 0.2) is 6.10 Å². The van der Waals surface area contributed by atoms with E-state index in [2.05, 4.69) is 80.7 Å². The molecule has 1 saturated heterocycles. The lowest BCUT2D eigenvalue weighted by molar-refractivity contribution is -0.870. The number of carbonyl (C=O) groups is 2. The third-order valence-corrected chi connectivity index (χ3v) is 10.1. The average molecular weight is 820 g/mol.